The van der Waals surface area contributed by atoms with E-state index in [1.54, 1.807) is 7.05 Å². The highest BCUT2D eigenvalue weighted by molar-refractivity contribution is 5.84. The van der Waals surface area contributed by atoms with Crippen molar-refractivity contribution in [3.63, 3.8) is 0 Å². The molecule has 10 nitrogen and oxygen atoms in total. The summed E-state index contributed by atoms with van der Waals surface area (Å²) in [6, 6.07) is 0.168. The number of esters is 1. The molecule has 0 bridgehead atoms. The summed E-state index contributed by atoms with van der Waals surface area (Å²) in [5.74, 6) is -0.219. The molecule has 10 heteroatoms. The SMILES string of the molecule is CCCOc1nc(NC)nc(-n2cnc(C(=O)OC)n2)n1. The summed E-state index contributed by atoms with van der Waals surface area (Å²) in [4.78, 5) is 27.5. The lowest BCUT2D eigenvalue weighted by Crippen LogP contribution is -2.11. The Balaban J connectivity index is 2.33. The molecule has 0 aliphatic rings. The van der Waals surface area contributed by atoms with Gasteiger partial charge in [-0.2, -0.15) is 19.6 Å². The molecular formula is C11H15N7O3. The van der Waals surface area contributed by atoms with E-state index >= 15 is 0 Å². The van der Waals surface area contributed by atoms with Gasteiger partial charge in [-0.25, -0.2) is 9.78 Å². The minimum atomic E-state index is -0.640. The van der Waals surface area contributed by atoms with E-state index in [1.165, 1.54) is 18.1 Å². The zero-order valence-corrected chi connectivity index (χ0v) is 11.9. The molecule has 0 aliphatic heterocycles. The van der Waals surface area contributed by atoms with Crippen LogP contribution in [-0.2, 0) is 4.74 Å². The van der Waals surface area contributed by atoms with Crippen molar-refractivity contribution in [2.75, 3.05) is 26.1 Å². The second kappa shape index (κ2) is 6.59. The van der Waals surface area contributed by atoms with Gasteiger partial charge in [0.2, 0.25) is 5.95 Å². The highest BCUT2D eigenvalue weighted by atomic mass is 16.5. The van der Waals surface area contributed by atoms with Gasteiger partial charge in [-0.1, -0.05) is 6.92 Å². The van der Waals surface area contributed by atoms with Gasteiger partial charge >= 0.3 is 12.0 Å². The summed E-state index contributed by atoms with van der Waals surface area (Å²) in [6.45, 7) is 2.46. The van der Waals surface area contributed by atoms with E-state index in [4.69, 9.17) is 4.74 Å². The van der Waals surface area contributed by atoms with E-state index in [0.29, 0.717) is 12.6 Å². The van der Waals surface area contributed by atoms with Crippen molar-refractivity contribution in [2.24, 2.45) is 0 Å². The number of hydrogen-bond donors (Lipinski definition) is 1. The van der Waals surface area contributed by atoms with Crippen LogP contribution in [0.15, 0.2) is 6.33 Å². The summed E-state index contributed by atoms with van der Waals surface area (Å²) in [6.07, 6.45) is 2.14. The maximum Gasteiger partial charge on any atom is 0.377 e. The molecule has 0 radical (unpaired) electrons. The molecule has 1 N–H and O–H groups in total. The van der Waals surface area contributed by atoms with Crippen LogP contribution in [0.25, 0.3) is 5.95 Å². The Morgan fingerprint density at radius 3 is 2.86 bits per heavy atom. The standard InChI is InChI=1S/C11H15N7O3/c1-4-5-21-11-15-9(12-2)14-10(16-11)18-6-13-7(17-18)8(19)20-3/h6H,4-5H2,1-3H3,(H,12,14,15,16). The van der Waals surface area contributed by atoms with Crippen LogP contribution in [0.2, 0.25) is 0 Å². The first kappa shape index (κ1) is 14.6. The third-order valence-corrected chi connectivity index (χ3v) is 2.33. The first-order chi connectivity index (χ1) is 10.2. The van der Waals surface area contributed by atoms with E-state index in [2.05, 4.69) is 35.1 Å². The normalized spacial score (nSPS) is 10.2. The first-order valence-corrected chi connectivity index (χ1v) is 6.25. The van der Waals surface area contributed by atoms with Crippen LogP contribution in [0.1, 0.15) is 24.0 Å². The molecule has 2 aromatic rings. The van der Waals surface area contributed by atoms with Gasteiger partial charge in [-0.05, 0) is 6.42 Å². The summed E-state index contributed by atoms with van der Waals surface area (Å²) < 4.78 is 11.2. The van der Waals surface area contributed by atoms with Crippen LogP contribution >= 0.6 is 0 Å². The van der Waals surface area contributed by atoms with E-state index in [9.17, 15) is 4.79 Å². The first-order valence-electron chi connectivity index (χ1n) is 6.25. The van der Waals surface area contributed by atoms with Gasteiger partial charge in [-0.3, -0.25) is 0 Å². The Bertz CT molecular complexity index is 628. The third kappa shape index (κ3) is 3.41. The summed E-state index contributed by atoms with van der Waals surface area (Å²) >= 11 is 0. The number of aromatic nitrogens is 6. The monoisotopic (exact) mass is 293 g/mol. The number of rotatable bonds is 6. The second-order valence-corrected chi connectivity index (χ2v) is 3.84. The maximum absolute atomic E-state index is 11.3. The molecule has 0 saturated heterocycles. The van der Waals surface area contributed by atoms with Crippen molar-refractivity contribution in [1.82, 2.24) is 29.7 Å². The zero-order valence-electron chi connectivity index (χ0n) is 11.9. The van der Waals surface area contributed by atoms with Crippen LogP contribution in [-0.4, -0.2) is 56.5 Å². The molecule has 0 unspecified atom stereocenters. The quantitative estimate of drug-likeness (QED) is 0.738. The van der Waals surface area contributed by atoms with Crippen LogP contribution in [0.5, 0.6) is 6.01 Å². The van der Waals surface area contributed by atoms with Gasteiger partial charge in [-0.15, -0.1) is 5.10 Å². The number of nitrogens with one attached hydrogen (secondary N) is 1. The Labute approximate surface area is 120 Å². The van der Waals surface area contributed by atoms with Crippen LogP contribution in [0, 0.1) is 0 Å². The molecule has 112 valence electrons. The summed E-state index contributed by atoms with van der Waals surface area (Å²) in [5, 5.41) is 6.74. The minimum Gasteiger partial charge on any atom is -0.463 e. The molecule has 0 amide bonds. The third-order valence-electron chi connectivity index (χ3n) is 2.33. The summed E-state index contributed by atoms with van der Waals surface area (Å²) in [5.41, 5.74) is 0. The maximum atomic E-state index is 11.3. The van der Waals surface area contributed by atoms with Crippen LogP contribution in [0.4, 0.5) is 5.95 Å². The van der Waals surface area contributed by atoms with Gasteiger partial charge in [0.25, 0.3) is 11.8 Å². The molecule has 0 fully saturated rings. The van der Waals surface area contributed by atoms with E-state index in [0.717, 1.165) is 6.42 Å². The fourth-order valence-electron chi connectivity index (χ4n) is 1.36. The number of ether oxygens (including phenoxy) is 2. The van der Waals surface area contributed by atoms with Crippen LogP contribution < -0.4 is 10.1 Å². The molecule has 2 heterocycles. The number of hydrogen-bond acceptors (Lipinski definition) is 9. The lowest BCUT2D eigenvalue weighted by molar-refractivity contribution is 0.0587. The van der Waals surface area contributed by atoms with Crippen LogP contribution in [0.3, 0.4) is 0 Å². The lowest BCUT2D eigenvalue weighted by Gasteiger charge is -2.06. The predicted molar refractivity (Wildman–Crippen MR) is 71.4 cm³/mol. The van der Waals surface area contributed by atoms with Crippen molar-refractivity contribution in [3.8, 4) is 12.0 Å². The molecule has 0 saturated carbocycles. The van der Waals surface area contributed by atoms with Gasteiger partial charge in [0.05, 0.1) is 13.7 Å². The Morgan fingerprint density at radius 2 is 2.19 bits per heavy atom. The summed E-state index contributed by atoms with van der Waals surface area (Å²) in [7, 11) is 2.92. The Morgan fingerprint density at radius 1 is 1.38 bits per heavy atom. The average molecular weight is 293 g/mol. The predicted octanol–water partition coefficient (Wildman–Crippen LogP) is 0.0694. The second-order valence-electron chi connectivity index (χ2n) is 3.84. The highest BCUT2D eigenvalue weighted by Gasteiger charge is 2.15. The van der Waals surface area contributed by atoms with Gasteiger partial charge < -0.3 is 14.8 Å². The number of anilines is 1. The fraction of sp³-hybridized carbons (Fsp3) is 0.455. The smallest absolute Gasteiger partial charge is 0.377 e. The minimum absolute atomic E-state index is 0.0834. The van der Waals surface area contributed by atoms with Crippen molar-refractivity contribution in [1.29, 1.82) is 0 Å². The molecule has 2 rings (SSSR count). The van der Waals surface area contributed by atoms with Crippen molar-refractivity contribution in [2.45, 2.75) is 13.3 Å². The van der Waals surface area contributed by atoms with Crippen molar-refractivity contribution < 1.29 is 14.3 Å². The largest absolute Gasteiger partial charge is 0.463 e. The van der Waals surface area contributed by atoms with E-state index in [-0.39, 0.29) is 17.8 Å². The lowest BCUT2D eigenvalue weighted by atomic mass is 10.5. The highest BCUT2D eigenvalue weighted by Crippen LogP contribution is 2.10. The number of carbonyl (C=O) groups excluding carboxylic acids is 1. The zero-order chi connectivity index (χ0) is 15.2. The topological polar surface area (TPSA) is 117 Å². The number of carbonyl (C=O) groups is 1. The van der Waals surface area contributed by atoms with Crippen molar-refractivity contribution in [3.05, 3.63) is 12.2 Å². The molecule has 0 aliphatic carbocycles. The number of methoxy groups -OCH3 is 1. The fourth-order valence-corrected chi connectivity index (χ4v) is 1.36. The van der Waals surface area contributed by atoms with E-state index < -0.39 is 5.97 Å². The molecule has 0 spiro atoms. The Kier molecular flexibility index (Phi) is 4.59. The molecule has 0 aromatic carbocycles. The van der Waals surface area contributed by atoms with E-state index in [1.807, 2.05) is 6.92 Å². The molecule has 0 atom stereocenters. The number of nitrogens with zero attached hydrogens (tertiary/aromatic N) is 6. The average Bonchev–Trinajstić information content (AvgIpc) is 3.01. The molecule has 2 aromatic heterocycles. The molecular weight excluding hydrogens is 278 g/mol. The van der Waals surface area contributed by atoms with Gasteiger partial charge in [0.1, 0.15) is 6.33 Å². The van der Waals surface area contributed by atoms with Gasteiger partial charge in [0.15, 0.2) is 0 Å². The van der Waals surface area contributed by atoms with Crippen molar-refractivity contribution >= 4 is 11.9 Å². The Hall–Kier alpha value is -2.78. The molecule has 21 heavy (non-hydrogen) atoms. The van der Waals surface area contributed by atoms with Gasteiger partial charge in [0, 0.05) is 7.05 Å².